The van der Waals surface area contributed by atoms with E-state index in [1.165, 1.54) is 14.0 Å². The van der Waals surface area contributed by atoms with Crippen molar-refractivity contribution in [3.05, 3.63) is 61.3 Å². The first kappa shape index (κ1) is 19.6. The van der Waals surface area contributed by atoms with E-state index in [9.17, 15) is 9.59 Å². The third-order valence-electron chi connectivity index (χ3n) is 3.49. The van der Waals surface area contributed by atoms with Crippen molar-refractivity contribution in [3.63, 3.8) is 0 Å². The van der Waals surface area contributed by atoms with Gasteiger partial charge in [-0.2, -0.15) is 0 Å². The van der Waals surface area contributed by atoms with Gasteiger partial charge in [0.25, 0.3) is 0 Å². The summed E-state index contributed by atoms with van der Waals surface area (Å²) in [6.45, 7) is 1.32. The van der Waals surface area contributed by atoms with Gasteiger partial charge in [0, 0.05) is 17.0 Å². The number of aliphatic imine (C=N–C) groups is 1. The fraction of sp³-hybridized carbons (Fsp3) is 0.105. The molecular formula is C19H13BrINO5. The molecule has 1 heterocycles. The van der Waals surface area contributed by atoms with Gasteiger partial charge in [0.15, 0.2) is 17.2 Å². The number of rotatable bonds is 4. The molecule has 0 amide bonds. The van der Waals surface area contributed by atoms with Crippen molar-refractivity contribution in [1.29, 1.82) is 0 Å². The SMILES string of the molecule is COc1cc(/C=C2\N=C(c3cccc(Br)c3)OC2=O)cc(I)c1OC(C)=O. The highest BCUT2D eigenvalue weighted by molar-refractivity contribution is 14.1. The van der Waals surface area contributed by atoms with E-state index in [0.29, 0.717) is 26.2 Å². The van der Waals surface area contributed by atoms with Crippen LogP contribution in [0.15, 0.2) is 51.6 Å². The molecule has 0 N–H and O–H groups in total. The molecule has 0 radical (unpaired) electrons. The third kappa shape index (κ3) is 4.56. The first-order valence-corrected chi connectivity index (χ1v) is 9.59. The van der Waals surface area contributed by atoms with Crippen LogP contribution in [0.25, 0.3) is 6.08 Å². The maximum absolute atomic E-state index is 12.2. The minimum atomic E-state index is -0.539. The summed E-state index contributed by atoms with van der Waals surface area (Å²) < 4.78 is 17.3. The highest BCUT2D eigenvalue weighted by Gasteiger charge is 2.24. The van der Waals surface area contributed by atoms with E-state index in [4.69, 9.17) is 14.2 Å². The van der Waals surface area contributed by atoms with E-state index in [1.807, 2.05) is 40.8 Å². The monoisotopic (exact) mass is 541 g/mol. The highest BCUT2D eigenvalue weighted by atomic mass is 127. The van der Waals surface area contributed by atoms with Crippen LogP contribution >= 0.6 is 38.5 Å². The molecule has 1 aliphatic heterocycles. The van der Waals surface area contributed by atoms with Gasteiger partial charge in [-0.25, -0.2) is 9.79 Å². The number of methoxy groups -OCH3 is 1. The Hall–Kier alpha value is -2.20. The number of hydrogen-bond donors (Lipinski definition) is 0. The largest absolute Gasteiger partial charge is 0.493 e. The highest BCUT2D eigenvalue weighted by Crippen LogP contribution is 2.35. The maximum atomic E-state index is 12.2. The molecule has 0 spiro atoms. The van der Waals surface area contributed by atoms with Crippen molar-refractivity contribution in [2.75, 3.05) is 7.11 Å². The number of ether oxygens (including phenoxy) is 3. The first-order chi connectivity index (χ1) is 12.9. The Morgan fingerprint density at radius 2 is 2.07 bits per heavy atom. The molecule has 2 aromatic rings. The van der Waals surface area contributed by atoms with Crippen LogP contribution in [-0.2, 0) is 14.3 Å². The summed E-state index contributed by atoms with van der Waals surface area (Å²) >= 11 is 5.41. The number of hydrogen-bond acceptors (Lipinski definition) is 6. The predicted octanol–water partition coefficient (Wildman–Crippen LogP) is 4.33. The van der Waals surface area contributed by atoms with Crippen molar-refractivity contribution in [2.45, 2.75) is 6.92 Å². The summed E-state index contributed by atoms with van der Waals surface area (Å²) in [4.78, 5) is 27.7. The Bertz CT molecular complexity index is 1000. The number of nitrogens with zero attached hydrogens (tertiary/aromatic N) is 1. The second-order valence-electron chi connectivity index (χ2n) is 5.47. The lowest BCUT2D eigenvalue weighted by molar-refractivity contribution is -0.132. The smallest absolute Gasteiger partial charge is 0.363 e. The third-order valence-corrected chi connectivity index (χ3v) is 4.79. The van der Waals surface area contributed by atoms with Crippen LogP contribution in [0.3, 0.4) is 0 Å². The predicted molar refractivity (Wildman–Crippen MR) is 112 cm³/mol. The van der Waals surface area contributed by atoms with Crippen molar-refractivity contribution < 1.29 is 23.8 Å². The molecule has 27 heavy (non-hydrogen) atoms. The molecule has 138 valence electrons. The van der Waals surface area contributed by atoms with Crippen LogP contribution in [-0.4, -0.2) is 24.9 Å². The molecule has 6 nitrogen and oxygen atoms in total. The first-order valence-electron chi connectivity index (χ1n) is 7.72. The molecular weight excluding hydrogens is 529 g/mol. The Balaban J connectivity index is 1.97. The van der Waals surface area contributed by atoms with Gasteiger partial charge in [0.2, 0.25) is 5.90 Å². The van der Waals surface area contributed by atoms with Crippen LogP contribution in [0.4, 0.5) is 0 Å². The van der Waals surface area contributed by atoms with Gasteiger partial charge in [-0.3, -0.25) is 4.79 Å². The molecule has 0 bridgehead atoms. The van der Waals surface area contributed by atoms with Gasteiger partial charge in [-0.05, 0) is 64.6 Å². The summed E-state index contributed by atoms with van der Waals surface area (Å²) in [5.74, 6) is -0.0275. The second-order valence-corrected chi connectivity index (χ2v) is 7.55. The lowest BCUT2D eigenvalue weighted by Gasteiger charge is -2.11. The Kier molecular flexibility index (Phi) is 5.95. The number of carbonyl (C=O) groups excluding carboxylic acids is 2. The van der Waals surface area contributed by atoms with Crippen LogP contribution < -0.4 is 9.47 Å². The minimum absolute atomic E-state index is 0.170. The van der Waals surface area contributed by atoms with Crippen LogP contribution in [0, 0.1) is 3.57 Å². The van der Waals surface area contributed by atoms with E-state index < -0.39 is 11.9 Å². The fourth-order valence-corrected chi connectivity index (χ4v) is 3.51. The molecule has 0 atom stereocenters. The van der Waals surface area contributed by atoms with E-state index in [2.05, 4.69) is 20.9 Å². The van der Waals surface area contributed by atoms with Gasteiger partial charge >= 0.3 is 11.9 Å². The van der Waals surface area contributed by atoms with Crippen molar-refractivity contribution >= 4 is 62.4 Å². The molecule has 2 aromatic carbocycles. The molecule has 8 heteroatoms. The van der Waals surface area contributed by atoms with Crippen LogP contribution in [0.5, 0.6) is 11.5 Å². The van der Waals surface area contributed by atoms with Crippen molar-refractivity contribution in [1.82, 2.24) is 0 Å². The number of benzene rings is 2. The lowest BCUT2D eigenvalue weighted by Crippen LogP contribution is -2.05. The van der Waals surface area contributed by atoms with Gasteiger partial charge in [-0.15, -0.1) is 0 Å². The van der Waals surface area contributed by atoms with E-state index in [0.717, 1.165) is 4.47 Å². The van der Waals surface area contributed by atoms with E-state index in [1.54, 1.807) is 24.3 Å². The van der Waals surface area contributed by atoms with Gasteiger partial charge in [0.05, 0.1) is 10.7 Å². The van der Waals surface area contributed by atoms with Crippen LogP contribution in [0.2, 0.25) is 0 Å². The number of halogens is 2. The molecule has 0 saturated carbocycles. The summed E-state index contributed by atoms with van der Waals surface area (Å²) in [6.07, 6.45) is 1.59. The molecule has 0 aromatic heterocycles. The zero-order valence-electron chi connectivity index (χ0n) is 14.3. The Morgan fingerprint density at radius 3 is 2.74 bits per heavy atom. The molecule has 0 saturated heterocycles. The lowest BCUT2D eigenvalue weighted by atomic mass is 10.1. The summed E-state index contributed by atoms with van der Waals surface area (Å²) in [5, 5.41) is 0. The summed E-state index contributed by atoms with van der Waals surface area (Å²) in [5.41, 5.74) is 1.53. The molecule has 1 aliphatic rings. The van der Waals surface area contributed by atoms with Gasteiger partial charge in [0.1, 0.15) is 0 Å². The molecule has 0 unspecified atom stereocenters. The fourth-order valence-electron chi connectivity index (χ4n) is 2.38. The van der Waals surface area contributed by atoms with Gasteiger partial charge < -0.3 is 14.2 Å². The van der Waals surface area contributed by atoms with E-state index >= 15 is 0 Å². The van der Waals surface area contributed by atoms with Crippen LogP contribution in [0.1, 0.15) is 18.1 Å². The second kappa shape index (κ2) is 8.22. The topological polar surface area (TPSA) is 74.2 Å². The number of carbonyl (C=O) groups is 2. The normalized spacial score (nSPS) is 14.7. The molecule has 0 fully saturated rings. The Morgan fingerprint density at radius 1 is 1.30 bits per heavy atom. The summed E-state index contributed by atoms with van der Waals surface area (Å²) in [7, 11) is 1.47. The standard InChI is InChI=1S/C19H13BrINO5/c1-10(23)26-17-14(21)6-11(8-16(17)25-2)7-15-19(24)27-18(22-15)12-4-3-5-13(20)9-12/h3-9H,1-2H3/b15-7-. The Labute approximate surface area is 177 Å². The summed E-state index contributed by atoms with van der Waals surface area (Å²) in [6, 6.07) is 10.7. The molecule has 0 aliphatic carbocycles. The zero-order valence-corrected chi connectivity index (χ0v) is 18.0. The van der Waals surface area contributed by atoms with Gasteiger partial charge in [-0.1, -0.05) is 22.0 Å². The van der Waals surface area contributed by atoms with Crippen molar-refractivity contribution in [3.8, 4) is 11.5 Å². The minimum Gasteiger partial charge on any atom is -0.493 e. The molecule has 3 rings (SSSR count). The van der Waals surface area contributed by atoms with E-state index in [-0.39, 0.29) is 11.6 Å². The number of cyclic esters (lactones) is 1. The average molecular weight is 542 g/mol. The zero-order chi connectivity index (χ0) is 19.6. The number of esters is 2. The van der Waals surface area contributed by atoms with Crippen molar-refractivity contribution in [2.24, 2.45) is 4.99 Å². The average Bonchev–Trinajstić information content (AvgIpc) is 2.97. The maximum Gasteiger partial charge on any atom is 0.363 e. The quantitative estimate of drug-likeness (QED) is 0.249.